The lowest BCUT2D eigenvalue weighted by Gasteiger charge is -2.17. The molecule has 0 aliphatic heterocycles. The van der Waals surface area contributed by atoms with Crippen LogP contribution in [0.3, 0.4) is 0 Å². The van der Waals surface area contributed by atoms with Crippen LogP contribution in [0.4, 0.5) is 4.39 Å². The van der Waals surface area contributed by atoms with Gasteiger partial charge in [-0.1, -0.05) is 29.3 Å². The highest BCUT2D eigenvalue weighted by atomic mass is 35.5. The lowest BCUT2D eigenvalue weighted by molar-refractivity contribution is 0.0939. The van der Waals surface area contributed by atoms with Crippen LogP contribution in [0.5, 0.6) is 0 Å². The Hall–Kier alpha value is -1.67. The van der Waals surface area contributed by atoms with Gasteiger partial charge in [0.2, 0.25) is 10.0 Å². The van der Waals surface area contributed by atoms with E-state index in [1.807, 2.05) is 0 Å². The maximum absolute atomic E-state index is 13.6. The quantitative estimate of drug-likeness (QED) is 0.762. The van der Waals surface area contributed by atoms with Crippen molar-refractivity contribution in [3.63, 3.8) is 0 Å². The molecule has 3 N–H and O–H groups in total. The highest BCUT2D eigenvalue weighted by Crippen LogP contribution is 2.29. The van der Waals surface area contributed by atoms with Gasteiger partial charge in [0.25, 0.3) is 5.91 Å². The number of nitrogens with one attached hydrogen (secondary N) is 1. The molecule has 25 heavy (non-hydrogen) atoms. The molecule has 0 fully saturated rings. The van der Waals surface area contributed by atoms with Crippen LogP contribution >= 0.6 is 23.2 Å². The first-order valence-electron chi connectivity index (χ1n) is 7.09. The predicted octanol–water partition coefficient (Wildman–Crippen LogP) is 3.58. The Bertz CT molecular complexity index is 949. The molecule has 0 saturated carbocycles. The van der Waals surface area contributed by atoms with Crippen molar-refractivity contribution >= 4 is 39.1 Å². The standard InChI is InChI=1S/C16H15Cl2FN2O3S/c1-8-3-4-10(5-15(8)25(20,23)24)16(22)21-9(2)11-6-14(19)13(18)7-12(11)17/h3-7,9H,1-2H3,(H,21,22)(H2,20,23,24)/t9-/m0/s1. The summed E-state index contributed by atoms with van der Waals surface area (Å²) in [4.78, 5) is 12.2. The van der Waals surface area contributed by atoms with E-state index in [4.69, 9.17) is 28.3 Å². The first kappa shape index (κ1) is 19.7. The molecule has 9 heteroatoms. The molecule has 5 nitrogen and oxygen atoms in total. The molecule has 0 aliphatic carbocycles. The normalized spacial score (nSPS) is 12.7. The van der Waals surface area contributed by atoms with Gasteiger partial charge in [-0.25, -0.2) is 17.9 Å². The van der Waals surface area contributed by atoms with Crippen LogP contribution in [0.25, 0.3) is 0 Å². The van der Waals surface area contributed by atoms with Crippen molar-refractivity contribution in [2.45, 2.75) is 24.8 Å². The SMILES string of the molecule is Cc1ccc(C(=O)N[C@@H](C)c2cc(F)c(Cl)cc2Cl)cc1S(N)(=O)=O. The molecular formula is C16H15Cl2FN2O3S. The average Bonchev–Trinajstić information content (AvgIpc) is 2.49. The molecule has 0 bridgehead atoms. The highest BCUT2D eigenvalue weighted by Gasteiger charge is 2.19. The first-order chi connectivity index (χ1) is 11.5. The van der Waals surface area contributed by atoms with Gasteiger partial charge in [0.05, 0.1) is 16.0 Å². The van der Waals surface area contributed by atoms with E-state index >= 15 is 0 Å². The Morgan fingerprint density at radius 1 is 1.20 bits per heavy atom. The smallest absolute Gasteiger partial charge is 0.251 e. The number of nitrogens with two attached hydrogens (primary N) is 1. The van der Waals surface area contributed by atoms with Crippen molar-refractivity contribution in [1.29, 1.82) is 0 Å². The molecule has 134 valence electrons. The minimum atomic E-state index is -3.95. The van der Waals surface area contributed by atoms with Crippen molar-refractivity contribution in [3.05, 3.63) is 62.9 Å². The van der Waals surface area contributed by atoms with Crippen molar-refractivity contribution in [2.24, 2.45) is 5.14 Å². The van der Waals surface area contributed by atoms with E-state index in [1.165, 1.54) is 24.3 Å². The Kier molecular flexibility index (Phi) is 5.73. The third kappa shape index (κ3) is 4.49. The fourth-order valence-corrected chi connectivity index (χ4v) is 3.63. The molecule has 0 spiro atoms. The van der Waals surface area contributed by atoms with E-state index in [9.17, 15) is 17.6 Å². The molecule has 0 aliphatic rings. The Morgan fingerprint density at radius 3 is 2.44 bits per heavy atom. The number of halogens is 3. The van der Waals surface area contributed by atoms with Gasteiger partial charge in [0.1, 0.15) is 5.82 Å². The summed E-state index contributed by atoms with van der Waals surface area (Å²) in [7, 11) is -3.95. The van der Waals surface area contributed by atoms with E-state index in [2.05, 4.69) is 5.32 Å². The molecule has 0 aromatic heterocycles. The highest BCUT2D eigenvalue weighted by molar-refractivity contribution is 7.89. The number of carbonyl (C=O) groups excluding carboxylic acids is 1. The molecule has 0 saturated heterocycles. The molecule has 0 radical (unpaired) electrons. The molecule has 2 rings (SSSR count). The number of hydrogen-bond acceptors (Lipinski definition) is 3. The second-order valence-electron chi connectivity index (χ2n) is 5.51. The maximum atomic E-state index is 13.6. The number of aryl methyl sites for hydroxylation is 1. The zero-order chi connectivity index (χ0) is 18.9. The van der Waals surface area contributed by atoms with Crippen LogP contribution < -0.4 is 10.5 Å². The van der Waals surface area contributed by atoms with Crippen LogP contribution in [0.15, 0.2) is 35.2 Å². The fraction of sp³-hybridized carbons (Fsp3) is 0.188. The van der Waals surface area contributed by atoms with Gasteiger partial charge in [0.15, 0.2) is 0 Å². The largest absolute Gasteiger partial charge is 0.345 e. The minimum Gasteiger partial charge on any atom is -0.345 e. The summed E-state index contributed by atoms with van der Waals surface area (Å²) in [6.45, 7) is 3.18. The third-order valence-corrected chi connectivity index (χ3v) is 5.28. The van der Waals surface area contributed by atoms with Gasteiger partial charge in [-0.15, -0.1) is 0 Å². The van der Waals surface area contributed by atoms with Crippen molar-refractivity contribution in [2.75, 3.05) is 0 Å². The average molecular weight is 405 g/mol. The van der Waals surface area contributed by atoms with Gasteiger partial charge in [0, 0.05) is 10.6 Å². The fourth-order valence-electron chi connectivity index (χ4n) is 2.28. The predicted molar refractivity (Wildman–Crippen MR) is 94.9 cm³/mol. The topological polar surface area (TPSA) is 89.3 Å². The lowest BCUT2D eigenvalue weighted by Crippen LogP contribution is -2.27. The van der Waals surface area contributed by atoms with Gasteiger partial charge in [-0.05, 0) is 49.2 Å². The monoisotopic (exact) mass is 404 g/mol. The first-order valence-corrected chi connectivity index (χ1v) is 9.39. The summed E-state index contributed by atoms with van der Waals surface area (Å²) >= 11 is 11.7. The summed E-state index contributed by atoms with van der Waals surface area (Å²) in [5.74, 6) is -1.21. The van der Waals surface area contributed by atoms with Crippen LogP contribution in [0, 0.1) is 12.7 Å². The van der Waals surface area contributed by atoms with E-state index < -0.39 is 27.8 Å². The number of carbonyl (C=O) groups is 1. The zero-order valence-corrected chi connectivity index (χ0v) is 15.6. The van der Waals surface area contributed by atoms with E-state index in [1.54, 1.807) is 13.8 Å². The Balaban J connectivity index is 2.30. The molecule has 2 aromatic rings. The molecule has 0 unspecified atom stereocenters. The number of amides is 1. The number of rotatable bonds is 4. The molecule has 1 amide bonds. The Morgan fingerprint density at radius 2 is 1.84 bits per heavy atom. The van der Waals surface area contributed by atoms with E-state index in [-0.39, 0.29) is 20.5 Å². The van der Waals surface area contributed by atoms with Gasteiger partial charge >= 0.3 is 0 Å². The van der Waals surface area contributed by atoms with Crippen LogP contribution in [-0.2, 0) is 10.0 Å². The van der Waals surface area contributed by atoms with E-state index in [0.29, 0.717) is 11.1 Å². The van der Waals surface area contributed by atoms with Crippen LogP contribution in [0.2, 0.25) is 10.0 Å². The molecular weight excluding hydrogens is 390 g/mol. The van der Waals surface area contributed by atoms with Crippen molar-refractivity contribution < 1.29 is 17.6 Å². The number of benzene rings is 2. The summed E-state index contributed by atoms with van der Waals surface area (Å²) < 4.78 is 36.7. The number of hydrogen-bond donors (Lipinski definition) is 2. The number of primary sulfonamides is 1. The number of sulfonamides is 1. The third-order valence-electron chi connectivity index (χ3n) is 3.61. The second-order valence-corrected chi connectivity index (χ2v) is 7.85. The zero-order valence-electron chi connectivity index (χ0n) is 13.3. The lowest BCUT2D eigenvalue weighted by atomic mass is 10.1. The van der Waals surface area contributed by atoms with Crippen LogP contribution in [-0.4, -0.2) is 14.3 Å². The minimum absolute atomic E-state index is 0.104. The van der Waals surface area contributed by atoms with Gasteiger partial charge < -0.3 is 5.32 Å². The van der Waals surface area contributed by atoms with Crippen LogP contribution in [0.1, 0.15) is 34.5 Å². The molecule has 1 atom stereocenters. The Labute approximate surface area is 155 Å². The summed E-state index contributed by atoms with van der Waals surface area (Å²) in [6.07, 6.45) is 0. The second kappa shape index (κ2) is 7.29. The summed E-state index contributed by atoms with van der Waals surface area (Å²) in [6, 6.07) is 5.90. The van der Waals surface area contributed by atoms with Gasteiger partial charge in [-0.3, -0.25) is 4.79 Å². The van der Waals surface area contributed by atoms with E-state index in [0.717, 1.165) is 6.07 Å². The molecule has 2 aromatic carbocycles. The summed E-state index contributed by atoms with van der Waals surface area (Å²) in [5.41, 5.74) is 0.873. The molecule has 0 heterocycles. The maximum Gasteiger partial charge on any atom is 0.251 e. The van der Waals surface area contributed by atoms with Gasteiger partial charge in [-0.2, -0.15) is 0 Å². The van der Waals surface area contributed by atoms with Crippen molar-refractivity contribution in [3.8, 4) is 0 Å². The van der Waals surface area contributed by atoms with Crippen molar-refractivity contribution in [1.82, 2.24) is 5.32 Å². The summed E-state index contributed by atoms with van der Waals surface area (Å²) in [5, 5.41) is 7.85.